The highest BCUT2D eigenvalue weighted by atomic mass is 32.1. The lowest BCUT2D eigenvalue weighted by Crippen LogP contribution is -2.44. The van der Waals surface area contributed by atoms with E-state index in [2.05, 4.69) is 26.3 Å². The van der Waals surface area contributed by atoms with E-state index in [4.69, 9.17) is 4.42 Å². The number of fused-ring (bicyclic) bond motifs is 1. The summed E-state index contributed by atoms with van der Waals surface area (Å²) in [5.74, 6) is -1.93. The van der Waals surface area contributed by atoms with Gasteiger partial charge in [-0.15, -0.1) is 11.3 Å². The molecule has 1 aliphatic carbocycles. The monoisotopic (exact) mass is 567 g/mol. The molecule has 1 saturated carbocycles. The summed E-state index contributed by atoms with van der Waals surface area (Å²) in [6.07, 6.45) is 0.248. The molecule has 4 aromatic rings. The fourth-order valence-corrected chi connectivity index (χ4v) is 5.40. The molecule has 11 heteroatoms. The molecule has 40 heavy (non-hydrogen) atoms. The maximum absolute atomic E-state index is 13.6. The van der Waals surface area contributed by atoms with Crippen molar-refractivity contribution in [2.75, 3.05) is 13.1 Å². The van der Waals surface area contributed by atoms with Crippen molar-refractivity contribution in [1.29, 1.82) is 0 Å². The number of allylic oxidation sites excluding steroid dienone is 1. The van der Waals surface area contributed by atoms with Crippen molar-refractivity contribution in [3.63, 3.8) is 0 Å². The van der Waals surface area contributed by atoms with Gasteiger partial charge in [0.15, 0.2) is 5.69 Å². The summed E-state index contributed by atoms with van der Waals surface area (Å²) in [5, 5.41) is 3.34. The Bertz CT molecular complexity index is 1550. The Morgan fingerprint density at radius 1 is 1.12 bits per heavy atom. The third kappa shape index (κ3) is 5.79. The zero-order chi connectivity index (χ0) is 28.5. The molecule has 7 nitrogen and oxygen atoms in total. The van der Waals surface area contributed by atoms with Crippen LogP contribution in [0.3, 0.4) is 0 Å². The van der Waals surface area contributed by atoms with Crippen molar-refractivity contribution in [3.05, 3.63) is 88.7 Å². The highest BCUT2D eigenvalue weighted by molar-refractivity contribution is 7.16. The second-order valence-electron chi connectivity index (χ2n) is 10.2. The number of thiazole rings is 1. The molecule has 0 saturated heterocycles. The van der Waals surface area contributed by atoms with Crippen LogP contribution in [-0.2, 0) is 6.18 Å². The maximum atomic E-state index is 13.6. The van der Waals surface area contributed by atoms with Gasteiger partial charge in [0.25, 0.3) is 5.91 Å². The summed E-state index contributed by atoms with van der Waals surface area (Å²) in [6, 6.07) is 12.8. The van der Waals surface area contributed by atoms with Gasteiger partial charge in [0.2, 0.25) is 11.7 Å². The number of hydrogen-bond donors (Lipinski definition) is 1. The number of benzene rings is 1. The van der Waals surface area contributed by atoms with Crippen LogP contribution in [0.15, 0.2) is 81.6 Å². The number of nitrogens with one attached hydrogen (secondary N) is 1. The number of aromatic nitrogens is 3. The van der Waals surface area contributed by atoms with E-state index >= 15 is 0 Å². The Balaban J connectivity index is 0.000000301. The van der Waals surface area contributed by atoms with E-state index in [1.807, 2.05) is 50.7 Å². The van der Waals surface area contributed by atoms with Crippen molar-refractivity contribution in [3.8, 4) is 11.6 Å². The fourth-order valence-electron chi connectivity index (χ4n) is 4.72. The maximum Gasteiger partial charge on any atom is 0.437 e. The first-order valence-electron chi connectivity index (χ1n) is 12.7. The molecule has 4 heterocycles. The Morgan fingerprint density at radius 2 is 1.88 bits per heavy atom. The quantitative estimate of drug-likeness (QED) is 0.284. The summed E-state index contributed by atoms with van der Waals surface area (Å²) >= 11 is 1.68. The van der Waals surface area contributed by atoms with E-state index < -0.39 is 23.5 Å². The smallest absolute Gasteiger partial charge is 0.429 e. The molecule has 1 aromatic carbocycles. The average Bonchev–Trinajstić information content (AvgIpc) is 3.32. The number of alkyl halides is 3. The number of carbonyl (C=O) groups excluding carboxylic acids is 1. The van der Waals surface area contributed by atoms with Crippen LogP contribution in [0.25, 0.3) is 21.8 Å². The lowest BCUT2D eigenvalue weighted by molar-refractivity contribution is -0.141. The average molecular weight is 568 g/mol. The minimum atomic E-state index is -4.82. The van der Waals surface area contributed by atoms with Crippen LogP contribution in [-0.4, -0.2) is 38.8 Å². The molecule has 1 aliphatic heterocycles. The number of hydrogen-bond acceptors (Lipinski definition) is 7. The lowest BCUT2D eigenvalue weighted by Gasteiger charge is -2.36. The zero-order valence-electron chi connectivity index (χ0n) is 22.2. The van der Waals surface area contributed by atoms with Crippen LogP contribution < -0.4 is 5.32 Å². The van der Waals surface area contributed by atoms with Gasteiger partial charge < -0.3 is 14.6 Å². The predicted octanol–water partition coefficient (Wildman–Crippen LogP) is 7.08. The number of halogens is 3. The van der Waals surface area contributed by atoms with E-state index in [-0.39, 0.29) is 23.5 Å². The van der Waals surface area contributed by atoms with Gasteiger partial charge in [-0.1, -0.05) is 23.8 Å². The zero-order valence-corrected chi connectivity index (χ0v) is 23.1. The van der Waals surface area contributed by atoms with Gasteiger partial charge in [0.1, 0.15) is 5.69 Å². The molecule has 1 amide bonds. The van der Waals surface area contributed by atoms with E-state index in [0.717, 1.165) is 35.2 Å². The molecule has 208 valence electrons. The van der Waals surface area contributed by atoms with Crippen LogP contribution in [0, 0.1) is 5.41 Å². The molecule has 1 fully saturated rings. The number of rotatable bonds is 4. The third-order valence-electron chi connectivity index (χ3n) is 6.74. The molecule has 3 aromatic heterocycles. The molecular weight excluding hydrogens is 539 g/mol. The molecule has 0 atom stereocenters. The number of amides is 1. The summed E-state index contributed by atoms with van der Waals surface area (Å²) in [5.41, 5.74) is 4.62. The number of para-hydroxylation sites is 1. The third-order valence-corrected chi connectivity index (χ3v) is 7.55. The van der Waals surface area contributed by atoms with Gasteiger partial charge in [-0.2, -0.15) is 13.2 Å². The lowest BCUT2D eigenvalue weighted by atomic mass is 9.92. The number of oxazole rings is 1. The molecule has 1 N–H and O–H groups in total. The minimum Gasteiger partial charge on any atom is -0.429 e. The van der Waals surface area contributed by atoms with Crippen molar-refractivity contribution in [1.82, 2.24) is 25.2 Å². The van der Waals surface area contributed by atoms with Crippen LogP contribution in [0.2, 0.25) is 0 Å². The molecule has 0 unspecified atom stereocenters. The van der Waals surface area contributed by atoms with Crippen LogP contribution in [0.4, 0.5) is 13.2 Å². The van der Waals surface area contributed by atoms with Crippen molar-refractivity contribution in [2.24, 2.45) is 5.41 Å². The topological polar surface area (TPSA) is 84.2 Å². The summed E-state index contributed by atoms with van der Waals surface area (Å²) in [4.78, 5) is 26.3. The van der Waals surface area contributed by atoms with Crippen LogP contribution >= 0.6 is 11.3 Å². The van der Waals surface area contributed by atoms with E-state index in [1.54, 1.807) is 23.5 Å². The highest BCUT2D eigenvalue weighted by Gasteiger charge is 2.52. The normalized spacial score (nSPS) is 16.0. The Morgan fingerprint density at radius 3 is 2.52 bits per heavy atom. The standard InChI is InChI=1S/C22H23F3N4O2.C7H5NS/c1-13(2)10-27-17-14(3)11-29(12-21(17)7-8-21)20(30)16-18(22(23,24)25)28-19(31-16)15-6-4-5-9-26-15;1-2-4-7-6(3-1)8-5-9-7/h4-6,9-10,27H,7-8,11-12H2,1-3H3;1-5H. The van der Waals surface area contributed by atoms with E-state index in [0.29, 0.717) is 6.54 Å². The van der Waals surface area contributed by atoms with Crippen LogP contribution in [0.5, 0.6) is 0 Å². The Kier molecular flexibility index (Phi) is 7.50. The summed E-state index contributed by atoms with van der Waals surface area (Å²) in [6.45, 7) is 6.40. The molecule has 1 spiro atoms. The second-order valence-corrected chi connectivity index (χ2v) is 11.1. The highest BCUT2D eigenvalue weighted by Crippen LogP contribution is 2.54. The molecule has 0 radical (unpaired) electrons. The van der Waals surface area contributed by atoms with Gasteiger partial charge in [0.05, 0.1) is 15.7 Å². The minimum absolute atomic E-state index is 0.133. The first kappa shape index (κ1) is 27.6. The molecule has 2 aliphatic rings. The van der Waals surface area contributed by atoms with Gasteiger partial charge in [-0.3, -0.25) is 9.78 Å². The number of carbonyl (C=O) groups is 1. The number of pyridine rings is 1. The summed E-state index contributed by atoms with van der Waals surface area (Å²) in [7, 11) is 0. The van der Waals surface area contributed by atoms with Crippen molar-refractivity contribution < 1.29 is 22.4 Å². The van der Waals surface area contributed by atoms with Crippen molar-refractivity contribution in [2.45, 2.75) is 39.8 Å². The summed E-state index contributed by atoms with van der Waals surface area (Å²) < 4.78 is 47.5. The Labute approximate surface area is 233 Å². The number of nitrogens with zero attached hydrogens (tertiary/aromatic N) is 4. The molecule has 6 rings (SSSR count). The van der Waals surface area contributed by atoms with Gasteiger partial charge in [0, 0.05) is 30.4 Å². The SMILES string of the molecule is CC(C)=CNC1=C(C)CN(C(=O)c2oc(-c3ccccn3)nc2C(F)(F)F)CC12CC2.c1ccc2scnc2c1. The predicted molar refractivity (Wildman–Crippen MR) is 147 cm³/mol. The first-order valence-corrected chi connectivity index (χ1v) is 13.6. The van der Waals surface area contributed by atoms with E-state index in [1.165, 1.54) is 21.9 Å². The molecule has 0 bridgehead atoms. The van der Waals surface area contributed by atoms with Gasteiger partial charge >= 0.3 is 6.18 Å². The van der Waals surface area contributed by atoms with Crippen LogP contribution in [0.1, 0.15) is 49.9 Å². The van der Waals surface area contributed by atoms with Gasteiger partial charge in [-0.25, -0.2) is 9.97 Å². The largest absolute Gasteiger partial charge is 0.437 e. The first-order chi connectivity index (χ1) is 19.1. The van der Waals surface area contributed by atoms with Gasteiger partial charge in [-0.05, 0) is 69.7 Å². The van der Waals surface area contributed by atoms with E-state index in [9.17, 15) is 18.0 Å². The Hall–Kier alpha value is -3.99. The molecular formula is C29H28F3N5O2S. The van der Waals surface area contributed by atoms with Crippen molar-refractivity contribution >= 4 is 27.5 Å². The fraction of sp³-hybridized carbons (Fsp3) is 0.310. The second kappa shape index (κ2) is 10.9.